The largest absolute Gasteiger partial charge is 0.339 e. The van der Waals surface area contributed by atoms with Gasteiger partial charge in [0.25, 0.3) is 5.91 Å². The van der Waals surface area contributed by atoms with Crippen LogP contribution in [0.3, 0.4) is 0 Å². The van der Waals surface area contributed by atoms with Crippen LogP contribution in [0.1, 0.15) is 42.6 Å². The number of aryl methyl sites for hydroxylation is 1. The fourth-order valence-electron chi connectivity index (χ4n) is 3.01. The van der Waals surface area contributed by atoms with E-state index in [1.807, 2.05) is 54.8 Å². The molecule has 5 nitrogen and oxygen atoms in total. The molecule has 1 fully saturated rings. The van der Waals surface area contributed by atoms with Crippen LogP contribution in [0.5, 0.6) is 0 Å². The van der Waals surface area contributed by atoms with Crippen LogP contribution in [0.25, 0.3) is 0 Å². The summed E-state index contributed by atoms with van der Waals surface area (Å²) in [7, 11) is 0. The van der Waals surface area contributed by atoms with Crippen molar-refractivity contribution in [1.82, 2.24) is 9.80 Å². The number of carbonyl (C=O) groups is 2. The molecule has 140 valence electrons. The summed E-state index contributed by atoms with van der Waals surface area (Å²) in [4.78, 5) is 28.9. The second kappa shape index (κ2) is 9.78. The fraction of sp³-hybridized carbons (Fsp3) is 0.579. The topological polar surface area (TPSA) is 66.6 Å². The Morgan fingerprint density at radius 3 is 2.44 bits per heavy atom. The van der Waals surface area contributed by atoms with Gasteiger partial charge in [0.1, 0.15) is 0 Å². The van der Waals surface area contributed by atoms with Crippen molar-refractivity contribution in [2.24, 2.45) is 11.7 Å². The van der Waals surface area contributed by atoms with E-state index in [2.05, 4.69) is 0 Å². The molecule has 1 heterocycles. The third-order valence-corrected chi connectivity index (χ3v) is 4.90. The molecule has 2 amide bonds. The van der Waals surface area contributed by atoms with E-state index in [-0.39, 0.29) is 30.1 Å². The summed E-state index contributed by atoms with van der Waals surface area (Å²) in [5, 5.41) is 0. The minimum Gasteiger partial charge on any atom is -0.339 e. The molecule has 0 aliphatic carbocycles. The molecule has 1 aromatic rings. The number of hydrogen-bond acceptors (Lipinski definition) is 3. The number of benzene rings is 1. The first-order chi connectivity index (χ1) is 11.4. The lowest BCUT2D eigenvalue weighted by Gasteiger charge is -2.27. The van der Waals surface area contributed by atoms with Gasteiger partial charge in [0.05, 0.1) is 6.04 Å². The lowest BCUT2D eigenvalue weighted by atomic mass is 9.99. The summed E-state index contributed by atoms with van der Waals surface area (Å²) >= 11 is 0. The molecule has 6 heteroatoms. The monoisotopic (exact) mass is 367 g/mol. The summed E-state index contributed by atoms with van der Waals surface area (Å²) in [6.45, 7) is 8.49. The summed E-state index contributed by atoms with van der Waals surface area (Å²) in [5.41, 5.74) is 7.87. The quantitative estimate of drug-likeness (QED) is 0.888. The van der Waals surface area contributed by atoms with Crippen LogP contribution < -0.4 is 5.73 Å². The van der Waals surface area contributed by atoms with E-state index in [1.54, 1.807) is 0 Å². The minimum atomic E-state index is -0.450. The van der Waals surface area contributed by atoms with E-state index in [0.29, 0.717) is 31.7 Å². The lowest BCUT2D eigenvalue weighted by molar-refractivity contribution is -0.133. The maximum absolute atomic E-state index is 12.7. The highest BCUT2D eigenvalue weighted by Crippen LogP contribution is 2.13. The van der Waals surface area contributed by atoms with Gasteiger partial charge in [-0.15, -0.1) is 12.4 Å². The summed E-state index contributed by atoms with van der Waals surface area (Å²) in [6, 6.07) is 7.20. The Bertz CT molecular complexity index is 594. The predicted octanol–water partition coefficient (Wildman–Crippen LogP) is 2.46. The van der Waals surface area contributed by atoms with E-state index >= 15 is 0 Å². The number of nitrogens with zero attached hydrogens (tertiary/aromatic N) is 2. The molecule has 2 atom stereocenters. The lowest BCUT2D eigenvalue weighted by Crippen LogP contribution is -2.48. The van der Waals surface area contributed by atoms with Gasteiger partial charge in [-0.05, 0) is 31.4 Å². The molecule has 1 aromatic carbocycles. The molecule has 0 bridgehead atoms. The molecule has 1 aliphatic heterocycles. The first-order valence-electron chi connectivity index (χ1n) is 8.84. The van der Waals surface area contributed by atoms with E-state index in [9.17, 15) is 9.59 Å². The van der Waals surface area contributed by atoms with Gasteiger partial charge in [-0.2, -0.15) is 0 Å². The van der Waals surface area contributed by atoms with Crippen LogP contribution in [0.4, 0.5) is 0 Å². The van der Waals surface area contributed by atoms with Crippen LogP contribution in [-0.2, 0) is 4.79 Å². The predicted molar refractivity (Wildman–Crippen MR) is 103 cm³/mol. The molecular formula is C19H30ClN3O2. The van der Waals surface area contributed by atoms with Crippen LogP contribution in [0.2, 0.25) is 0 Å². The van der Waals surface area contributed by atoms with Crippen molar-refractivity contribution in [3.05, 3.63) is 35.4 Å². The standard InChI is InChI=1S/C19H29N3O2.ClH/c1-4-15(3)17(20)19(24)22-10-6-9-21(11-12-22)18(23)16-8-5-7-14(2)13-16;/h5,7-8,13,15,17H,4,6,9-12,20H2,1-3H3;1H. The van der Waals surface area contributed by atoms with Crippen molar-refractivity contribution in [3.63, 3.8) is 0 Å². The van der Waals surface area contributed by atoms with Gasteiger partial charge < -0.3 is 15.5 Å². The molecule has 0 spiro atoms. The Morgan fingerprint density at radius 2 is 1.80 bits per heavy atom. The van der Waals surface area contributed by atoms with Gasteiger partial charge in [0.2, 0.25) is 5.91 Å². The third kappa shape index (κ3) is 5.44. The molecule has 0 saturated carbocycles. The van der Waals surface area contributed by atoms with Crippen molar-refractivity contribution >= 4 is 24.2 Å². The van der Waals surface area contributed by atoms with E-state index in [0.717, 1.165) is 18.4 Å². The van der Waals surface area contributed by atoms with Crippen molar-refractivity contribution in [1.29, 1.82) is 0 Å². The molecule has 0 radical (unpaired) electrons. The van der Waals surface area contributed by atoms with Gasteiger partial charge in [0, 0.05) is 31.7 Å². The smallest absolute Gasteiger partial charge is 0.253 e. The van der Waals surface area contributed by atoms with Crippen molar-refractivity contribution in [2.45, 2.75) is 39.7 Å². The number of halogens is 1. The zero-order chi connectivity index (χ0) is 17.7. The van der Waals surface area contributed by atoms with Crippen molar-refractivity contribution in [2.75, 3.05) is 26.2 Å². The van der Waals surface area contributed by atoms with Crippen LogP contribution in [0, 0.1) is 12.8 Å². The molecule has 25 heavy (non-hydrogen) atoms. The Hall–Kier alpha value is -1.59. The van der Waals surface area contributed by atoms with Gasteiger partial charge in [0.15, 0.2) is 0 Å². The molecule has 0 aromatic heterocycles. The second-order valence-electron chi connectivity index (χ2n) is 6.75. The van der Waals surface area contributed by atoms with Gasteiger partial charge in [-0.1, -0.05) is 38.0 Å². The van der Waals surface area contributed by atoms with Crippen LogP contribution in [0.15, 0.2) is 24.3 Å². The summed E-state index contributed by atoms with van der Waals surface area (Å²) in [6.07, 6.45) is 1.68. The van der Waals surface area contributed by atoms with Crippen LogP contribution in [-0.4, -0.2) is 53.8 Å². The number of rotatable bonds is 4. The Morgan fingerprint density at radius 1 is 1.16 bits per heavy atom. The number of hydrogen-bond donors (Lipinski definition) is 1. The SMILES string of the molecule is CCC(C)C(N)C(=O)N1CCCN(C(=O)c2cccc(C)c2)CC1.Cl. The third-order valence-electron chi connectivity index (χ3n) is 4.90. The maximum Gasteiger partial charge on any atom is 0.253 e. The summed E-state index contributed by atoms with van der Waals surface area (Å²) in [5.74, 6) is 0.221. The Kier molecular flexibility index (Phi) is 8.39. The van der Waals surface area contributed by atoms with Crippen molar-refractivity contribution in [3.8, 4) is 0 Å². The highest BCUT2D eigenvalue weighted by Gasteiger charge is 2.28. The average Bonchev–Trinajstić information content (AvgIpc) is 2.85. The minimum absolute atomic E-state index is 0. The first kappa shape index (κ1) is 21.5. The highest BCUT2D eigenvalue weighted by molar-refractivity contribution is 5.94. The molecule has 2 unspecified atom stereocenters. The maximum atomic E-state index is 12.7. The van der Waals surface area contributed by atoms with Gasteiger partial charge in [-0.3, -0.25) is 9.59 Å². The molecular weight excluding hydrogens is 338 g/mol. The molecule has 1 aliphatic rings. The molecule has 1 saturated heterocycles. The average molecular weight is 368 g/mol. The zero-order valence-electron chi connectivity index (χ0n) is 15.4. The van der Waals surface area contributed by atoms with Crippen LogP contribution >= 0.6 is 12.4 Å². The second-order valence-corrected chi connectivity index (χ2v) is 6.75. The Labute approximate surface area is 157 Å². The first-order valence-corrected chi connectivity index (χ1v) is 8.84. The molecule has 2 N–H and O–H groups in total. The number of carbonyl (C=O) groups excluding carboxylic acids is 2. The van der Waals surface area contributed by atoms with E-state index in [4.69, 9.17) is 5.73 Å². The van der Waals surface area contributed by atoms with Crippen molar-refractivity contribution < 1.29 is 9.59 Å². The zero-order valence-corrected chi connectivity index (χ0v) is 16.2. The normalized spacial score (nSPS) is 17.3. The number of nitrogens with two attached hydrogens (primary N) is 1. The van der Waals surface area contributed by atoms with E-state index in [1.165, 1.54) is 0 Å². The fourth-order valence-corrected chi connectivity index (χ4v) is 3.01. The summed E-state index contributed by atoms with van der Waals surface area (Å²) < 4.78 is 0. The molecule has 2 rings (SSSR count). The van der Waals surface area contributed by atoms with E-state index < -0.39 is 6.04 Å². The van der Waals surface area contributed by atoms with Gasteiger partial charge >= 0.3 is 0 Å². The van der Waals surface area contributed by atoms with Gasteiger partial charge in [-0.25, -0.2) is 0 Å². The Balaban J connectivity index is 0.00000312. The number of amides is 2. The highest BCUT2D eigenvalue weighted by atomic mass is 35.5.